The summed E-state index contributed by atoms with van der Waals surface area (Å²) in [6.07, 6.45) is -3.13. The van der Waals surface area contributed by atoms with Crippen molar-refractivity contribution in [1.29, 1.82) is 0 Å². The third-order valence-electron chi connectivity index (χ3n) is 2.84. The first-order valence-electron chi connectivity index (χ1n) is 6.72. The normalized spacial score (nSPS) is 11.2. The van der Waals surface area contributed by atoms with E-state index >= 15 is 0 Å². The van der Waals surface area contributed by atoms with Gasteiger partial charge in [-0.05, 0) is 25.2 Å². The fourth-order valence-electron chi connectivity index (χ4n) is 1.81. The van der Waals surface area contributed by atoms with Crippen molar-refractivity contribution in [2.45, 2.75) is 13.1 Å². The molecule has 0 saturated heterocycles. The fraction of sp³-hybridized carbons (Fsp3) is 0.231. The van der Waals surface area contributed by atoms with E-state index in [0.717, 1.165) is 22.4 Å². The number of aryl methyl sites for hydroxylation is 1. The fourth-order valence-corrected chi connectivity index (χ4v) is 2.70. The highest BCUT2D eigenvalue weighted by Crippen LogP contribution is 2.32. The molecule has 134 valence electrons. The van der Waals surface area contributed by atoms with Crippen molar-refractivity contribution in [2.75, 3.05) is 6.54 Å². The van der Waals surface area contributed by atoms with Gasteiger partial charge in [0.25, 0.3) is 5.91 Å². The molecule has 2 rings (SSSR count). The summed E-state index contributed by atoms with van der Waals surface area (Å²) in [5, 5.41) is 6.08. The number of hydrogen-bond donors (Lipinski definition) is 2. The number of amides is 1. The van der Waals surface area contributed by atoms with Crippen LogP contribution in [0.4, 0.5) is 13.2 Å². The number of thiocarbonyl (C=S) groups is 1. The monoisotopic (exact) mass is 390 g/mol. The molecule has 2 heterocycles. The molecular formula is C13H13F3N6OS2. The molecular weight excluding hydrogens is 377 g/mol. The third kappa shape index (κ3) is 4.33. The van der Waals surface area contributed by atoms with Crippen LogP contribution < -0.4 is 11.2 Å². The molecule has 2 aromatic heterocycles. The molecule has 7 nitrogen and oxygen atoms in total. The first-order valence-corrected chi connectivity index (χ1v) is 8.01. The third-order valence-corrected chi connectivity index (χ3v) is 3.88. The van der Waals surface area contributed by atoms with Crippen LogP contribution in [0.25, 0.3) is 5.13 Å². The number of thiazole rings is 1. The maximum Gasteiger partial charge on any atom is 0.433 e. The maximum atomic E-state index is 13.1. The van der Waals surface area contributed by atoms with Crippen molar-refractivity contribution in [2.24, 2.45) is 5.73 Å². The maximum absolute atomic E-state index is 13.1. The summed E-state index contributed by atoms with van der Waals surface area (Å²) < 4.78 is 39.8. The van der Waals surface area contributed by atoms with Crippen LogP contribution >= 0.6 is 23.6 Å². The van der Waals surface area contributed by atoms with Crippen molar-refractivity contribution in [3.63, 3.8) is 0 Å². The Morgan fingerprint density at radius 2 is 2.28 bits per heavy atom. The van der Waals surface area contributed by atoms with Crippen molar-refractivity contribution < 1.29 is 18.0 Å². The molecule has 12 heteroatoms. The van der Waals surface area contributed by atoms with Gasteiger partial charge in [0.05, 0.1) is 12.2 Å². The smallest absolute Gasteiger partial charge is 0.375 e. The zero-order chi connectivity index (χ0) is 18.8. The molecule has 0 aliphatic heterocycles. The Hall–Kier alpha value is -2.47. The number of carbonyl (C=O) groups excluding carboxylic acids is 1. The largest absolute Gasteiger partial charge is 0.433 e. The number of nitrogens with one attached hydrogen (secondary N) is 1. The van der Waals surface area contributed by atoms with E-state index in [1.165, 1.54) is 18.4 Å². The minimum absolute atomic E-state index is 0.0869. The number of alkyl halides is 3. The summed E-state index contributed by atoms with van der Waals surface area (Å²) in [7, 11) is 0. The molecule has 0 radical (unpaired) electrons. The summed E-state index contributed by atoms with van der Waals surface area (Å²) in [4.78, 5) is 16.1. The average molecular weight is 390 g/mol. The van der Waals surface area contributed by atoms with Gasteiger partial charge in [-0.25, -0.2) is 9.67 Å². The number of nitrogens with zero attached hydrogens (tertiary/aromatic N) is 4. The zero-order valence-corrected chi connectivity index (χ0v) is 14.5. The lowest BCUT2D eigenvalue weighted by Gasteiger charge is -2.20. The van der Waals surface area contributed by atoms with Crippen LogP contribution in [0.15, 0.2) is 24.1 Å². The van der Waals surface area contributed by atoms with Gasteiger partial charge in [-0.3, -0.25) is 15.2 Å². The molecule has 0 unspecified atom stereocenters. The van der Waals surface area contributed by atoms with Crippen LogP contribution in [-0.2, 0) is 6.18 Å². The SMILES string of the molecule is C=CCN(NC(=O)c1csc(-n2nc(C)cc2C(F)(F)F)n1)C(N)=S. The molecule has 0 aliphatic rings. The van der Waals surface area contributed by atoms with Crippen LogP contribution in [0.2, 0.25) is 0 Å². The average Bonchev–Trinajstić information content (AvgIpc) is 3.12. The Labute approximate surface area is 149 Å². The molecule has 0 bridgehead atoms. The van der Waals surface area contributed by atoms with Crippen LogP contribution in [-0.4, -0.2) is 37.3 Å². The highest BCUT2D eigenvalue weighted by Gasteiger charge is 2.36. The van der Waals surface area contributed by atoms with Crippen LogP contribution in [0.5, 0.6) is 0 Å². The molecule has 25 heavy (non-hydrogen) atoms. The number of hydrogen-bond acceptors (Lipinski definition) is 5. The number of rotatable bonds is 4. The Balaban J connectivity index is 2.27. The number of carbonyl (C=O) groups is 1. The van der Waals surface area contributed by atoms with E-state index in [1.807, 2.05) is 0 Å². The van der Waals surface area contributed by atoms with Crippen molar-refractivity contribution in [3.8, 4) is 5.13 Å². The first-order chi connectivity index (χ1) is 11.6. The van der Waals surface area contributed by atoms with Crippen molar-refractivity contribution >= 4 is 34.6 Å². The summed E-state index contributed by atoms with van der Waals surface area (Å²) in [5.74, 6) is -0.672. The minimum atomic E-state index is -4.60. The van der Waals surface area contributed by atoms with Crippen LogP contribution in [0.3, 0.4) is 0 Å². The molecule has 0 spiro atoms. The lowest BCUT2D eigenvalue weighted by atomic mass is 10.3. The highest BCUT2D eigenvalue weighted by molar-refractivity contribution is 7.80. The quantitative estimate of drug-likeness (QED) is 0.472. The second kappa shape index (κ2) is 7.19. The lowest BCUT2D eigenvalue weighted by molar-refractivity contribution is -0.142. The summed E-state index contributed by atoms with van der Waals surface area (Å²) in [5.41, 5.74) is 6.97. The van der Waals surface area contributed by atoms with Gasteiger partial charge >= 0.3 is 6.18 Å². The molecule has 3 N–H and O–H groups in total. The van der Waals surface area contributed by atoms with Crippen molar-refractivity contribution in [3.05, 3.63) is 41.2 Å². The van der Waals surface area contributed by atoms with Gasteiger partial charge in [0.1, 0.15) is 5.69 Å². The van der Waals surface area contributed by atoms with E-state index in [1.54, 1.807) is 0 Å². The molecule has 0 aromatic carbocycles. The molecule has 0 atom stereocenters. The second-order valence-corrected chi connectivity index (χ2v) is 6.03. The Morgan fingerprint density at radius 1 is 1.60 bits per heavy atom. The van der Waals surface area contributed by atoms with Gasteiger partial charge in [0.15, 0.2) is 10.8 Å². The lowest BCUT2D eigenvalue weighted by Crippen LogP contribution is -2.48. The van der Waals surface area contributed by atoms with Gasteiger partial charge in [0.2, 0.25) is 5.13 Å². The highest BCUT2D eigenvalue weighted by atomic mass is 32.1. The van der Waals surface area contributed by atoms with Crippen LogP contribution in [0, 0.1) is 6.92 Å². The van der Waals surface area contributed by atoms with E-state index in [4.69, 9.17) is 18.0 Å². The van der Waals surface area contributed by atoms with Gasteiger partial charge in [-0.1, -0.05) is 6.08 Å². The van der Waals surface area contributed by atoms with Crippen LogP contribution in [0.1, 0.15) is 21.9 Å². The van der Waals surface area contributed by atoms with E-state index in [0.29, 0.717) is 4.68 Å². The van der Waals surface area contributed by atoms with E-state index in [9.17, 15) is 18.0 Å². The number of nitrogens with two attached hydrogens (primary N) is 1. The summed E-state index contributed by atoms with van der Waals surface area (Å²) >= 11 is 5.63. The van der Waals surface area contributed by atoms with Crippen molar-refractivity contribution in [1.82, 2.24) is 25.2 Å². The molecule has 0 aliphatic carbocycles. The molecule has 0 saturated carbocycles. The Bertz CT molecular complexity index is 813. The predicted octanol–water partition coefficient (Wildman–Crippen LogP) is 2.03. The van der Waals surface area contributed by atoms with E-state index in [-0.39, 0.29) is 28.2 Å². The molecule has 2 aromatic rings. The second-order valence-electron chi connectivity index (χ2n) is 4.77. The molecule has 0 fully saturated rings. The number of hydrazine groups is 1. The first kappa shape index (κ1) is 18.9. The van der Waals surface area contributed by atoms with Gasteiger partial charge in [0, 0.05) is 5.38 Å². The topological polar surface area (TPSA) is 89.1 Å². The Kier molecular flexibility index (Phi) is 5.42. The molecule has 1 amide bonds. The van der Waals surface area contributed by atoms with E-state index in [2.05, 4.69) is 22.1 Å². The van der Waals surface area contributed by atoms with E-state index < -0.39 is 17.8 Å². The summed E-state index contributed by atoms with van der Waals surface area (Å²) in [6.45, 7) is 5.10. The van der Waals surface area contributed by atoms with Gasteiger partial charge in [-0.2, -0.15) is 18.3 Å². The van der Waals surface area contributed by atoms with Gasteiger partial charge < -0.3 is 5.73 Å². The standard InChI is InChI=1S/C13H13F3N6OS2/c1-3-4-21(11(17)24)20-10(23)8-6-25-12(18-8)22-9(13(14,15)16)5-7(2)19-22/h3,5-6H,1,4H2,2H3,(H2,17,24)(H,20,23). The minimum Gasteiger partial charge on any atom is -0.375 e. The Morgan fingerprint density at radius 3 is 2.84 bits per heavy atom. The van der Waals surface area contributed by atoms with Gasteiger partial charge in [-0.15, -0.1) is 17.9 Å². The number of aromatic nitrogens is 3. The number of halogens is 3. The predicted molar refractivity (Wildman–Crippen MR) is 90.1 cm³/mol. The summed E-state index contributed by atoms with van der Waals surface area (Å²) in [6, 6.07) is 0.903. The zero-order valence-electron chi connectivity index (χ0n) is 12.9.